The molecular formula is C54H66N8O8Si. The van der Waals surface area contributed by atoms with E-state index < -0.39 is 25.8 Å². The van der Waals surface area contributed by atoms with Crippen LogP contribution in [-0.2, 0) is 37.0 Å². The number of pyridine rings is 2. The van der Waals surface area contributed by atoms with Crippen LogP contribution in [0.1, 0.15) is 103 Å². The van der Waals surface area contributed by atoms with Crippen molar-refractivity contribution >= 4 is 60.3 Å². The fourth-order valence-corrected chi connectivity index (χ4v) is 10.8. The minimum absolute atomic E-state index is 0.0651. The molecule has 0 bridgehead atoms. The summed E-state index contributed by atoms with van der Waals surface area (Å²) in [5, 5.41) is 3.69. The minimum Gasteiger partial charge on any atom is -0.443 e. The Balaban J connectivity index is 0.764. The number of nitrogens with one attached hydrogen (secondary N) is 1. The van der Waals surface area contributed by atoms with Gasteiger partial charge in [0.15, 0.2) is 0 Å². The number of aromatic nitrogens is 3. The van der Waals surface area contributed by atoms with Gasteiger partial charge in [0, 0.05) is 75.8 Å². The number of nitrogens with zero attached hydrogens (tertiary/aromatic N) is 7. The van der Waals surface area contributed by atoms with E-state index in [1.54, 1.807) is 34.0 Å². The molecule has 9 rings (SSSR count). The van der Waals surface area contributed by atoms with E-state index in [-0.39, 0.29) is 48.9 Å². The first kappa shape index (κ1) is 49.7. The molecule has 1 N–H and O–H groups in total. The van der Waals surface area contributed by atoms with Crippen molar-refractivity contribution in [1.29, 1.82) is 0 Å². The van der Waals surface area contributed by atoms with Crippen LogP contribution < -0.4 is 10.2 Å². The maximum atomic E-state index is 13.8. The Morgan fingerprint density at radius 2 is 1.62 bits per heavy atom. The summed E-state index contributed by atoms with van der Waals surface area (Å²) < 4.78 is 19.6. The highest BCUT2D eigenvalue weighted by Gasteiger charge is 2.43. The summed E-state index contributed by atoms with van der Waals surface area (Å²) in [4.78, 5) is 83.7. The van der Waals surface area contributed by atoms with Gasteiger partial charge in [0.25, 0.3) is 17.7 Å². The van der Waals surface area contributed by atoms with Crippen LogP contribution in [0.15, 0.2) is 79.1 Å². The lowest BCUT2D eigenvalue weighted by Crippen LogP contribution is -2.55. The minimum atomic E-state index is -1.33. The van der Waals surface area contributed by atoms with Gasteiger partial charge < -0.3 is 29.3 Å². The van der Waals surface area contributed by atoms with E-state index in [0.717, 1.165) is 90.5 Å². The zero-order valence-corrected chi connectivity index (χ0v) is 43.0. The van der Waals surface area contributed by atoms with Crippen molar-refractivity contribution in [3.8, 4) is 11.1 Å². The van der Waals surface area contributed by atoms with Crippen LogP contribution in [0, 0.1) is 0 Å². The van der Waals surface area contributed by atoms with Crippen molar-refractivity contribution in [2.45, 2.75) is 122 Å². The van der Waals surface area contributed by atoms with E-state index in [1.165, 1.54) is 4.90 Å². The van der Waals surface area contributed by atoms with Crippen LogP contribution in [0.5, 0.6) is 0 Å². The van der Waals surface area contributed by atoms with Crippen molar-refractivity contribution in [3.63, 3.8) is 0 Å². The Bertz CT molecular complexity index is 2810. The zero-order valence-electron chi connectivity index (χ0n) is 42.0. The number of hydrogen-bond acceptors (Lipinski definition) is 12. The first-order chi connectivity index (χ1) is 33.9. The first-order valence-corrected chi connectivity index (χ1v) is 28.6. The van der Waals surface area contributed by atoms with Crippen LogP contribution in [0.25, 0.3) is 22.0 Å². The largest absolute Gasteiger partial charge is 0.443 e. The molecule has 3 aromatic heterocycles. The first-order valence-electron chi connectivity index (χ1n) is 24.9. The summed E-state index contributed by atoms with van der Waals surface area (Å²) in [6.07, 6.45) is 6.96. The van der Waals surface area contributed by atoms with Crippen LogP contribution in [0.4, 0.5) is 16.4 Å². The van der Waals surface area contributed by atoms with Gasteiger partial charge in [0.1, 0.15) is 30.0 Å². The molecule has 2 aromatic carbocycles. The lowest BCUT2D eigenvalue weighted by molar-refractivity contribution is -0.158. The van der Waals surface area contributed by atoms with Crippen molar-refractivity contribution in [1.82, 2.24) is 29.2 Å². The van der Waals surface area contributed by atoms with Gasteiger partial charge in [-0.25, -0.2) is 19.3 Å². The van der Waals surface area contributed by atoms with E-state index >= 15 is 0 Å². The molecule has 4 aliphatic heterocycles. The number of carbonyl (C=O) groups is 5. The third-order valence-corrected chi connectivity index (χ3v) is 15.7. The molecule has 5 aromatic rings. The molecule has 3 saturated heterocycles. The van der Waals surface area contributed by atoms with Crippen LogP contribution in [-0.4, -0.2) is 125 Å². The van der Waals surface area contributed by atoms with Gasteiger partial charge in [-0.1, -0.05) is 56.0 Å². The molecule has 0 saturated carbocycles. The maximum Gasteiger partial charge on any atom is 0.419 e. The Morgan fingerprint density at radius 1 is 0.859 bits per heavy atom. The van der Waals surface area contributed by atoms with Crippen LogP contribution >= 0.6 is 0 Å². The predicted octanol–water partition coefficient (Wildman–Crippen LogP) is 8.87. The highest BCUT2D eigenvalue weighted by atomic mass is 28.3. The van der Waals surface area contributed by atoms with Gasteiger partial charge >= 0.3 is 6.09 Å². The fourth-order valence-electron chi connectivity index (χ4n) is 10.0. The summed E-state index contributed by atoms with van der Waals surface area (Å²) in [7, 11) is 0.728. The molecular weight excluding hydrogens is 917 g/mol. The average Bonchev–Trinajstić information content (AvgIpc) is 4.04. The maximum absolute atomic E-state index is 13.8. The normalized spacial score (nSPS) is 19.3. The van der Waals surface area contributed by atoms with Gasteiger partial charge in [-0.3, -0.25) is 29.0 Å². The summed E-state index contributed by atoms with van der Waals surface area (Å²) in [5.74, 6) is -0.0812. The molecule has 374 valence electrons. The number of benzene rings is 2. The molecule has 0 aliphatic carbocycles. The molecule has 3 fully saturated rings. The second-order valence-electron chi connectivity index (χ2n) is 21.5. The van der Waals surface area contributed by atoms with Crippen molar-refractivity contribution < 1.29 is 38.2 Å². The lowest BCUT2D eigenvalue weighted by atomic mass is 9.96. The number of piperidine rings is 2. The number of amides is 4. The summed E-state index contributed by atoms with van der Waals surface area (Å²) in [5.41, 5.74) is 5.58. The molecule has 1 unspecified atom stereocenters. The fraction of sp³-hybridized carbons (Fsp3) is 0.463. The second kappa shape index (κ2) is 20.5. The number of ether oxygens (including phenoxy) is 3. The van der Waals surface area contributed by atoms with Gasteiger partial charge in [0.05, 0.1) is 29.8 Å². The topological polar surface area (TPSA) is 169 Å². The van der Waals surface area contributed by atoms with Crippen molar-refractivity contribution in [2.75, 3.05) is 50.2 Å². The Labute approximate surface area is 416 Å². The Morgan fingerprint density at radius 3 is 2.31 bits per heavy atom. The van der Waals surface area contributed by atoms with Gasteiger partial charge in [-0.2, -0.15) is 0 Å². The summed E-state index contributed by atoms with van der Waals surface area (Å²) >= 11 is 0. The van der Waals surface area contributed by atoms with E-state index in [9.17, 15) is 24.0 Å². The number of imide groups is 1. The molecule has 0 radical (unpaired) electrons. The predicted molar refractivity (Wildman–Crippen MR) is 274 cm³/mol. The molecule has 71 heavy (non-hydrogen) atoms. The number of fused-ring (bicyclic) bond motifs is 2. The van der Waals surface area contributed by atoms with E-state index in [4.69, 9.17) is 14.2 Å². The Kier molecular flexibility index (Phi) is 14.3. The molecule has 0 spiro atoms. The van der Waals surface area contributed by atoms with Crippen molar-refractivity contribution in [2.24, 2.45) is 0 Å². The molecule has 4 amide bonds. The number of likely N-dealkylation sites (tertiary alicyclic amines) is 2. The Hall–Kier alpha value is -6.27. The molecule has 16 nitrogen and oxygen atoms in total. The SMILES string of the molecule is CN1CCC[C@@H]1c1cc2cnc(NC(=O)c3ccc(N4CCC(OCc5ccc(-c6cccc7c6CN(C6CCC(=O)N(COCC[Si](C)(C)C)C6=O)C7=O)cc5)CC4)nc3)cc2n1C(=O)OC(C)(C)C. The van der Waals surface area contributed by atoms with Crippen molar-refractivity contribution in [3.05, 3.63) is 107 Å². The third-order valence-electron chi connectivity index (χ3n) is 14.0. The smallest absolute Gasteiger partial charge is 0.419 e. The quantitative estimate of drug-likeness (QED) is 0.0639. The number of rotatable bonds is 14. The molecule has 17 heteroatoms. The van der Waals surface area contributed by atoms with E-state index in [0.29, 0.717) is 48.6 Å². The molecule has 4 aliphatic rings. The highest BCUT2D eigenvalue weighted by Crippen LogP contribution is 2.37. The molecule has 7 heterocycles. The summed E-state index contributed by atoms with van der Waals surface area (Å²) in [6.45, 7) is 15.9. The number of carbonyl (C=O) groups excluding carboxylic acids is 5. The van der Waals surface area contributed by atoms with E-state index in [1.807, 2.05) is 51.1 Å². The van der Waals surface area contributed by atoms with Crippen LogP contribution in [0.2, 0.25) is 25.7 Å². The average molecular weight is 983 g/mol. The monoisotopic (exact) mass is 982 g/mol. The second-order valence-corrected chi connectivity index (χ2v) is 27.2. The number of anilines is 2. The standard InChI is InChI=1S/C54H66N8O8Si/c1-54(2,3)70-53(67)62-45-29-47(55-31-38(45)28-46(62)43-12-9-23-58(43)4)57-50(64)37-17-19-48(56-30-37)59-24-21-39(22-25-59)69-33-35-13-15-36(16-14-35)40-10-8-11-41-42(40)32-60(51(41)65)44-18-20-49(63)61(52(44)66)34-68-26-27-71(5,6)7/h8,10-11,13-17,19,28-31,39,43-44H,9,12,18,20-27,32-34H2,1-7H3,(H,55,57,64)/t43-,44?/m1/s1. The molecule has 2 atom stereocenters. The zero-order chi connectivity index (χ0) is 50.2. The van der Waals surface area contributed by atoms with Gasteiger partial charge in [0.2, 0.25) is 5.91 Å². The third kappa shape index (κ3) is 11.1. The summed E-state index contributed by atoms with van der Waals surface area (Å²) in [6, 6.07) is 21.5. The van der Waals surface area contributed by atoms with Gasteiger partial charge in [-0.05, 0) is 119 Å². The van der Waals surface area contributed by atoms with Crippen LogP contribution in [0.3, 0.4) is 0 Å². The van der Waals surface area contributed by atoms with Gasteiger partial charge in [-0.15, -0.1) is 0 Å². The highest BCUT2D eigenvalue weighted by molar-refractivity contribution is 6.76. The van der Waals surface area contributed by atoms with E-state index in [2.05, 4.69) is 76.0 Å². The lowest BCUT2D eigenvalue weighted by Gasteiger charge is -2.35. The number of hydrogen-bond donors (Lipinski definition) is 1.